The van der Waals surface area contributed by atoms with E-state index in [2.05, 4.69) is 11.8 Å². The highest BCUT2D eigenvalue weighted by molar-refractivity contribution is 5.53. The Labute approximate surface area is 160 Å². The molecule has 0 saturated heterocycles. The average molecular weight is 377 g/mol. The van der Waals surface area contributed by atoms with E-state index in [-0.39, 0.29) is 11.1 Å². The van der Waals surface area contributed by atoms with Crippen LogP contribution in [0.4, 0.5) is 13.2 Å². The van der Waals surface area contributed by atoms with Crippen molar-refractivity contribution in [1.29, 1.82) is 5.26 Å². The van der Waals surface area contributed by atoms with Crippen molar-refractivity contribution in [1.82, 2.24) is 0 Å². The summed E-state index contributed by atoms with van der Waals surface area (Å²) >= 11 is 0. The zero-order valence-electron chi connectivity index (χ0n) is 14.5. The second-order valence-corrected chi connectivity index (χ2v) is 6.06. The number of benzene rings is 3. The summed E-state index contributed by atoms with van der Waals surface area (Å²) < 4.78 is 39.1. The topological polar surface area (TPSA) is 44.0 Å². The summed E-state index contributed by atoms with van der Waals surface area (Å²) in [5.41, 5.74) is -1.80. The first-order valence-corrected chi connectivity index (χ1v) is 8.32. The van der Waals surface area contributed by atoms with Crippen molar-refractivity contribution < 1.29 is 18.3 Å². The third-order valence-corrected chi connectivity index (χ3v) is 4.23. The number of rotatable bonds is 2. The van der Waals surface area contributed by atoms with Crippen LogP contribution in [0.15, 0.2) is 78.9 Å². The minimum Gasteiger partial charge on any atom is -0.369 e. The lowest BCUT2D eigenvalue weighted by molar-refractivity contribution is -0.137. The maximum absolute atomic E-state index is 13.0. The Morgan fingerprint density at radius 1 is 0.714 bits per heavy atom. The normalized spacial score (nSPS) is 11.2. The van der Waals surface area contributed by atoms with Crippen molar-refractivity contribution >= 4 is 0 Å². The number of aliphatic hydroxyl groups is 1. The first-order valence-electron chi connectivity index (χ1n) is 8.32. The Hall–Kier alpha value is -3.54. The highest BCUT2D eigenvalue weighted by atomic mass is 19.4. The van der Waals surface area contributed by atoms with Crippen LogP contribution in [0.1, 0.15) is 27.8 Å². The van der Waals surface area contributed by atoms with Gasteiger partial charge < -0.3 is 5.11 Å². The predicted octanol–water partition coefficient (Wildman–Crippen LogP) is 4.86. The van der Waals surface area contributed by atoms with Gasteiger partial charge in [-0.2, -0.15) is 18.4 Å². The minimum absolute atomic E-state index is 0.00368. The molecule has 0 amide bonds. The Balaban J connectivity index is 2.17. The standard InChI is InChI=1S/C23H14F3NO/c24-23(25,26)21-12-11-18(16-27)17(15-21)13-14-22(28,19-7-3-1-4-8-19)20-9-5-2-6-10-20/h1-12,15,28H. The summed E-state index contributed by atoms with van der Waals surface area (Å²) in [6.07, 6.45) is -4.56. The molecule has 0 spiro atoms. The van der Waals surface area contributed by atoms with Gasteiger partial charge in [0.1, 0.15) is 6.07 Å². The molecule has 0 bridgehead atoms. The van der Waals surface area contributed by atoms with Crippen LogP contribution < -0.4 is 0 Å². The molecule has 5 heteroatoms. The molecular formula is C23H14F3NO. The molecule has 0 saturated carbocycles. The second kappa shape index (κ2) is 7.60. The van der Waals surface area contributed by atoms with Gasteiger partial charge in [0, 0.05) is 16.7 Å². The van der Waals surface area contributed by atoms with E-state index in [0.717, 1.165) is 18.2 Å². The molecular weight excluding hydrogens is 363 g/mol. The minimum atomic E-state index is -4.56. The van der Waals surface area contributed by atoms with Gasteiger partial charge in [0.25, 0.3) is 0 Å². The Kier molecular flexibility index (Phi) is 5.22. The van der Waals surface area contributed by atoms with Crippen LogP contribution in [-0.4, -0.2) is 5.11 Å². The van der Waals surface area contributed by atoms with Gasteiger partial charge in [0.15, 0.2) is 5.60 Å². The summed E-state index contributed by atoms with van der Waals surface area (Å²) in [6, 6.07) is 21.8. The third-order valence-electron chi connectivity index (χ3n) is 4.23. The highest BCUT2D eigenvalue weighted by Gasteiger charge is 2.32. The molecule has 138 valence electrons. The lowest BCUT2D eigenvalue weighted by atomic mass is 9.86. The van der Waals surface area contributed by atoms with E-state index in [4.69, 9.17) is 0 Å². The van der Waals surface area contributed by atoms with Gasteiger partial charge in [0.05, 0.1) is 11.1 Å². The molecule has 3 rings (SSSR count). The predicted molar refractivity (Wildman–Crippen MR) is 98.9 cm³/mol. The molecule has 3 aromatic carbocycles. The van der Waals surface area contributed by atoms with Crippen LogP contribution in [0.3, 0.4) is 0 Å². The van der Waals surface area contributed by atoms with Gasteiger partial charge in [0.2, 0.25) is 0 Å². The van der Waals surface area contributed by atoms with E-state index in [1.807, 2.05) is 6.07 Å². The SMILES string of the molecule is N#Cc1ccc(C(F)(F)F)cc1C#CC(O)(c1ccccc1)c1ccccc1. The van der Waals surface area contributed by atoms with E-state index in [1.54, 1.807) is 60.7 Å². The van der Waals surface area contributed by atoms with E-state index in [0.29, 0.717) is 11.1 Å². The fraction of sp³-hybridized carbons (Fsp3) is 0.0870. The fourth-order valence-electron chi connectivity index (χ4n) is 2.75. The zero-order valence-corrected chi connectivity index (χ0v) is 14.5. The number of halogens is 3. The molecule has 0 radical (unpaired) electrons. The smallest absolute Gasteiger partial charge is 0.369 e. The van der Waals surface area contributed by atoms with E-state index in [1.165, 1.54) is 0 Å². The molecule has 3 aromatic rings. The monoisotopic (exact) mass is 377 g/mol. The quantitative estimate of drug-likeness (QED) is 0.648. The van der Waals surface area contributed by atoms with Crippen LogP contribution in [0.25, 0.3) is 0 Å². The van der Waals surface area contributed by atoms with E-state index < -0.39 is 17.3 Å². The van der Waals surface area contributed by atoms with Crippen LogP contribution >= 0.6 is 0 Å². The first-order chi connectivity index (χ1) is 13.3. The Morgan fingerprint density at radius 2 is 1.25 bits per heavy atom. The van der Waals surface area contributed by atoms with Gasteiger partial charge >= 0.3 is 6.18 Å². The van der Waals surface area contributed by atoms with E-state index >= 15 is 0 Å². The Morgan fingerprint density at radius 3 is 1.71 bits per heavy atom. The maximum atomic E-state index is 13.0. The number of hydrogen-bond acceptors (Lipinski definition) is 2. The van der Waals surface area contributed by atoms with Crippen LogP contribution in [0.2, 0.25) is 0 Å². The number of alkyl halides is 3. The third kappa shape index (κ3) is 3.91. The molecule has 0 aliphatic heterocycles. The van der Waals surface area contributed by atoms with Crippen molar-refractivity contribution in [2.24, 2.45) is 0 Å². The zero-order chi connectivity index (χ0) is 20.2. The molecule has 0 atom stereocenters. The van der Waals surface area contributed by atoms with Gasteiger partial charge in [-0.3, -0.25) is 0 Å². The molecule has 0 unspecified atom stereocenters. The Bertz CT molecular complexity index is 1030. The van der Waals surface area contributed by atoms with Gasteiger partial charge in [-0.25, -0.2) is 0 Å². The largest absolute Gasteiger partial charge is 0.416 e. The van der Waals surface area contributed by atoms with Crippen molar-refractivity contribution in [3.8, 4) is 17.9 Å². The lowest BCUT2D eigenvalue weighted by Gasteiger charge is -2.23. The maximum Gasteiger partial charge on any atom is 0.416 e. The first kappa shape index (κ1) is 19.2. The number of nitrogens with zero attached hydrogens (tertiary/aromatic N) is 1. The van der Waals surface area contributed by atoms with Crippen molar-refractivity contribution in [3.05, 3.63) is 107 Å². The van der Waals surface area contributed by atoms with Crippen molar-refractivity contribution in [3.63, 3.8) is 0 Å². The number of nitriles is 1. The summed E-state index contributed by atoms with van der Waals surface area (Å²) in [4.78, 5) is 0. The highest BCUT2D eigenvalue weighted by Crippen LogP contribution is 2.31. The molecule has 0 heterocycles. The summed E-state index contributed by atoms with van der Waals surface area (Å²) in [5.74, 6) is 5.28. The second-order valence-electron chi connectivity index (χ2n) is 6.06. The fourth-order valence-corrected chi connectivity index (χ4v) is 2.75. The van der Waals surface area contributed by atoms with Gasteiger partial charge in [-0.05, 0) is 18.2 Å². The molecule has 28 heavy (non-hydrogen) atoms. The lowest BCUT2D eigenvalue weighted by Crippen LogP contribution is -2.25. The average Bonchev–Trinajstić information content (AvgIpc) is 2.72. The number of hydrogen-bond donors (Lipinski definition) is 1. The van der Waals surface area contributed by atoms with Crippen LogP contribution in [-0.2, 0) is 11.8 Å². The van der Waals surface area contributed by atoms with Gasteiger partial charge in [-0.15, -0.1) is 0 Å². The molecule has 0 aliphatic carbocycles. The van der Waals surface area contributed by atoms with Crippen LogP contribution in [0.5, 0.6) is 0 Å². The van der Waals surface area contributed by atoms with Crippen molar-refractivity contribution in [2.45, 2.75) is 11.8 Å². The summed E-state index contributed by atoms with van der Waals surface area (Å²) in [5, 5.41) is 20.5. The molecule has 0 aliphatic rings. The summed E-state index contributed by atoms with van der Waals surface area (Å²) in [7, 11) is 0. The molecule has 0 fully saturated rings. The van der Waals surface area contributed by atoms with Gasteiger partial charge in [-0.1, -0.05) is 72.5 Å². The summed E-state index contributed by atoms with van der Waals surface area (Å²) in [6.45, 7) is 0. The van der Waals surface area contributed by atoms with E-state index in [9.17, 15) is 23.5 Å². The molecule has 1 N–H and O–H groups in total. The molecule has 0 aromatic heterocycles. The van der Waals surface area contributed by atoms with Crippen LogP contribution in [0, 0.1) is 23.2 Å². The molecule has 2 nitrogen and oxygen atoms in total. The van der Waals surface area contributed by atoms with Crippen molar-refractivity contribution in [2.75, 3.05) is 0 Å².